The highest BCUT2D eigenvalue weighted by Gasteiger charge is 2.82. The molecule has 1 aliphatic heterocycles. The quantitative estimate of drug-likeness (QED) is 0.816. The zero-order valence-corrected chi connectivity index (χ0v) is 10.7. The Morgan fingerprint density at radius 3 is 2.70 bits per heavy atom. The molecule has 8 heteroatoms. The fourth-order valence-electron chi connectivity index (χ4n) is 3.00. The number of aromatic amines is 1. The van der Waals surface area contributed by atoms with Crippen molar-refractivity contribution in [1.29, 1.82) is 0 Å². The van der Waals surface area contributed by atoms with E-state index in [9.17, 15) is 23.5 Å². The fourth-order valence-corrected chi connectivity index (χ4v) is 3.00. The Hall–Kier alpha value is -1.54. The number of rotatable bonds is 2. The zero-order valence-electron chi connectivity index (χ0n) is 10.7. The van der Waals surface area contributed by atoms with Crippen LogP contribution in [0.3, 0.4) is 0 Å². The molecule has 4 atom stereocenters. The molecule has 0 aromatic carbocycles. The molecule has 3 rings (SSSR count). The highest BCUT2D eigenvalue weighted by Crippen LogP contribution is 2.71. The number of aliphatic hydroxyl groups excluding tert-OH is 1. The Bertz CT molecular complexity index is 655. The minimum absolute atomic E-state index is 0.355. The number of aliphatic hydroxyl groups is 1. The molecule has 1 aromatic heterocycles. The predicted molar refractivity (Wildman–Crippen MR) is 63.5 cm³/mol. The minimum Gasteiger partial charge on any atom is -0.389 e. The van der Waals surface area contributed by atoms with Gasteiger partial charge in [-0.1, -0.05) is 6.92 Å². The average molecular weight is 288 g/mol. The maximum absolute atomic E-state index is 13.8. The molecule has 110 valence electrons. The summed E-state index contributed by atoms with van der Waals surface area (Å²) in [6, 6.07) is 1.06. The van der Waals surface area contributed by atoms with Crippen molar-refractivity contribution in [3.05, 3.63) is 33.1 Å². The van der Waals surface area contributed by atoms with E-state index in [4.69, 9.17) is 4.74 Å². The molecule has 1 saturated heterocycles. The molecule has 0 bridgehead atoms. The van der Waals surface area contributed by atoms with Crippen LogP contribution in [0.2, 0.25) is 0 Å². The highest BCUT2D eigenvalue weighted by molar-refractivity contribution is 5.21. The normalized spacial score (nSPS) is 38.3. The predicted octanol–water partition coefficient (Wildman–Crippen LogP) is 0.230. The van der Waals surface area contributed by atoms with Crippen molar-refractivity contribution < 1.29 is 18.6 Å². The Kier molecular flexibility index (Phi) is 2.68. The van der Waals surface area contributed by atoms with Gasteiger partial charge in [0.2, 0.25) is 0 Å². The number of alkyl halides is 2. The third kappa shape index (κ3) is 1.55. The first-order valence-corrected chi connectivity index (χ1v) is 6.36. The minimum atomic E-state index is -3.09. The number of halogens is 2. The van der Waals surface area contributed by atoms with Gasteiger partial charge in [-0.15, -0.1) is 0 Å². The van der Waals surface area contributed by atoms with Crippen LogP contribution < -0.4 is 11.2 Å². The van der Waals surface area contributed by atoms with Crippen molar-refractivity contribution >= 4 is 0 Å². The van der Waals surface area contributed by atoms with Crippen LogP contribution in [0.1, 0.15) is 26.0 Å². The summed E-state index contributed by atoms with van der Waals surface area (Å²) in [5.74, 6) is -3.09. The molecule has 1 unspecified atom stereocenters. The molecular formula is C12H14F2N2O4. The Morgan fingerprint density at radius 1 is 1.55 bits per heavy atom. The number of hydrogen-bond acceptors (Lipinski definition) is 4. The van der Waals surface area contributed by atoms with Crippen molar-refractivity contribution in [2.45, 2.75) is 44.1 Å². The number of H-pyrrole nitrogens is 1. The first-order valence-electron chi connectivity index (χ1n) is 6.36. The van der Waals surface area contributed by atoms with E-state index in [1.807, 2.05) is 4.98 Å². The lowest BCUT2D eigenvalue weighted by molar-refractivity contribution is -0.0496. The smallest absolute Gasteiger partial charge is 0.330 e. The maximum atomic E-state index is 13.8. The van der Waals surface area contributed by atoms with E-state index in [2.05, 4.69) is 0 Å². The van der Waals surface area contributed by atoms with Gasteiger partial charge in [-0.05, 0) is 6.42 Å². The van der Waals surface area contributed by atoms with E-state index in [-0.39, 0.29) is 0 Å². The summed E-state index contributed by atoms with van der Waals surface area (Å²) < 4.78 is 33.9. The fraction of sp³-hybridized carbons (Fsp3) is 0.667. The van der Waals surface area contributed by atoms with E-state index in [1.54, 1.807) is 6.92 Å². The molecule has 0 radical (unpaired) electrons. The molecule has 2 N–H and O–H groups in total. The average Bonchev–Trinajstić information content (AvgIpc) is 2.84. The zero-order chi connectivity index (χ0) is 14.7. The molecule has 1 spiro atoms. The lowest BCUT2D eigenvalue weighted by atomic mass is 9.94. The van der Waals surface area contributed by atoms with Crippen molar-refractivity contribution in [2.75, 3.05) is 0 Å². The lowest BCUT2D eigenvalue weighted by Gasteiger charge is -2.21. The third-order valence-electron chi connectivity index (χ3n) is 4.20. The number of ether oxygens (including phenoxy) is 1. The van der Waals surface area contributed by atoms with Gasteiger partial charge in [-0.2, -0.15) is 0 Å². The number of hydrogen-bond donors (Lipinski definition) is 2. The van der Waals surface area contributed by atoms with Crippen LogP contribution in [0.15, 0.2) is 21.9 Å². The highest BCUT2D eigenvalue weighted by atomic mass is 19.3. The molecule has 2 aliphatic rings. The number of nitrogens with zero attached hydrogens (tertiary/aromatic N) is 1. The summed E-state index contributed by atoms with van der Waals surface area (Å²) in [7, 11) is 0. The molecule has 1 saturated carbocycles. The number of aromatic nitrogens is 2. The van der Waals surface area contributed by atoms with E-state index in [0.29, 0.717) is 6.42 Å². The summed E-state index contributed by atoms with van der Waals surface area (Å²) in [6.45, 7) is 1.71. The second-order valence-electron chi connectivity index (χ2n) is 5.32. The van der Waals surface area contributed by atoms with Gasteiger partial charge in [0.15, 0.2) is 6.23 Å². The molecule has 2 heterocycles. The molecule has 1 aliphatic carbocycles. The summed E-state index contributed by atoms with van der Waals surface area (Å²) in [4.78, 5) is 24.8. The molecular weight excluding hydrogens is 274 g/mol. The van der Waals surface area contributed by atoms with Crippen LogP contribution >= 0.6 is 0 Å². The van der Waals surface area contributed by atoms with Gasteiger partial charge in [0.1, 0.15) is 5.41 Å². The van der Waals surface area contributed by atoms with E-state index < -0.39 is 47.4 Å². The molecule has 2 fully saturated rings. The Morgan fingerprint density at radius 2 is 2.20 bits per heavy atom. The monoisotopic (exact) mass is 288 g/mol. The van der Waals surface area contributed by atoms with Crippen molar-refractivity contribution in [3.8, 4) is 0 Å². The maximum Gasteiger partial charge on any atom is 0.330 e. The Labute approximate surface area is 112 Å². The summed E-state index contributed by atoms with van der Waals surface area (Å²) in [5.41, 5.74) is -3.22. The second kappa shape index (κ2) is 3.98. The van der Waals surface area contributed by atoms with Gasteiger partial charge >= 0.3 is 5.69 Å². The second-order valence-corrected chi connectivity index (χ2v) is 5.32. The van der Waals surface area contributed by atoms with Crippen molar-refractivity contribution in [3.63, 3.8) is 0 Å². The van der Waals surface area contributed by atoms with Crippen molar-refractivity contribution in [1.82, 2.24) is 9.55 Å². The van der Waals surface area contributed by atoms with Gasteiger partial charge in [-0.25, -0.2) is 13.6 Å². The Balaban J connectivity index is 2.09. The van der Waals surface area contributed by atoms with Crippen LogP contribution in [0.5, 0.6) is 0 Å². The van der Waals surface area contributed by atoms with Crippen molar-refractivity contribution in [2.24, 2.45) is 5.41 Å². The van der Waals surface area contributed by atoms with Crippen LogP contribution in [0, 0.1) is 5.41 Å². The third-order valence-corrected chi connectivity index (χ3v) is 4.20. The van der Waals surface area contributed by atoms with Crippen LogP contribution in [0.4, 0.5) is 8.78 Å². The van der Waals surface area contributed by atoms with Crippen LogP contribution in [0.25, 0.3) is 0 Å². The van der Waals surface area contributed by atoms with E-state index in [0.717, 1.165) is 16.8 Å². The number of nitrogens with one attached hydrogen (secondary N) is 1. The van der Waals surface area contributed by atoms with Gasteiger partial charge < -0.3 is 9.84 Å². The first-order chi connectivity index (χ1) is 9.33. The summed E-state index contributed by atoms with van der Waals surface area (Å²) in [5, 5.41) is 10.1. The molecule has 20 heavy (non-hydrogen) atoms. The first kappa shape index (κ1) is 13.4. The van der Waals surface area contributed by atoms with Gasteiger partial charge in [-0.3, -0.25) is 14.3 Å². The topological polar surface area (TPSA) is 84.3 Å². The molecule has 0 amide bonds. The van der Waals surface area contributed by atoms with E-state index >= 15 is 0 Å². The summed E-state index contributed by atoms with van der Waals surface area (Å²) in [6.07, 6.45) is -2.44. The van der Waals surface area contributed by atoms with Gasteiger partial charge in [0, 0.05) is 18.7 Å². The SMILES string of the molecule is CC[C@H]1O[C@@H](n2ccc(=O)[nH]c2=O)C2(CC2(F)F)[C@H]1O. The molecule has 1 aromatic rings. The summed E-state index contributed by atoms with van der Waals surface area (Å²) >= 11 is 0. The van der Waals surface area contributed by atoms with Gasteiger partial charge in [0.25, 0.3) is 11.5 Å². The van der Waals surface area contributed by atoms with Crippen LogP contribution in [-0.4, -0.2) is 32.8 Å². The van der Waals surface area contributed by atoms with E-state index in [1.165, 1.54) is 0 Å². The largest absolute Gasteiger partial charge is 0.389 e. The van der Waals surface area contributed by atoms with Gasteiger partial charge in [0.05, 0.1) is 12.2 Å². The molecule has 6 nitrogen and oxygen atoms in total. The standard InChI is InChI=1S/C12H14F2N2O4/c1-2-6-8(18)11(5-12(11,13)14)9(20-6)16-4-3-7(17)15-10(16)19/h3-4,6,8-9,18H,2,5H2,1H3,(H,15,17,19)/t6-,8+,9-,11?/m1/s1. The lowest BCUT2D eigenvalue weighted by Crippen LogP contribution is -2.38. The van der Waals surface area contributed by atoms with Crippen LogP contribution in [-0.2, 0) is 4.74 Å².